The summed E-state index contributed by atoms with van der Waals surface area (Å²) in [4.78, 5) is 2.53. The van der Waals surface area contributed by atoms with Crippen LogP contribution in [0.3, 0.4) is 0 Å². The molecule has 1 aromatic heterocycles. The third-order valence-corrected chi connectivity index (χ3v) is 4.09. The molecular weight excluding hydrogens is 224 g/mol. The quantitative estimate of drug-likeness (QED) is 0.873. The van der Waals surface area contributed by atoms with Crippen LogP contribution in [-0.4, -0.2) is 23.5 Å². The van der Waals surface area contributed by atoms with Crippen LogP contribution in [0.4, 0.5) is 0 Å². The molecule has 0 amide bonds. The predicted molar refractivity (Wildman–Crippen MR) is 74.4 cm³/mol. The third-order valence-electron chi connectivity index (χ3n) is 4.09. The van der Waals surface area contributed by atoms with Crippen molar-refractivity contribution in [2.45, 2.75) is 64.6 Å². The number of hydrogen-bond donors (Lipinski definition) is 1. The summed E-state index contributed by atoms with van der Waals surface area (Å²) in [7, 11) is 0. The van der Waals surface area contributed by atoms with Gasteiger partial charge in [0.15, 0.2) is 0 Å². The van der Waals surface area contributed by atoms with Crippen molar-refractivity contribution in [2.24, 2.45) is 5.73 Å². The molecule has 2 N–H and O–H groups in total. The summed E-state index contributed by atoms with van der Waals surface area (Å²) in [6, 6.07) is 5.33. The molecule has 0 atom stereocenters. The normalized spacial score (nSPS) is 24.7. The molecule has 1 aliphatic carbocycles. The maximum absolute atomic E-state index is 5.98. The van der Waals surface area contributed by atoms with E-state index in [1.165, 1.54) is 25.7 Å². The summed E-state index contributed by atoms with van der Waals surface area (Å²) >= 11 is 0. The van der Waals surface area contributed by atoms with Crippen molar-refractivity contribution in [1.82, 2.24) is 4.90 Å². The summed E-state index contributed by atoms with van der Waals surface area (Å²) in [5, 5.41) is 0. The van der Waals surface area contributed by atoms with Crippen molar-refractivity contribution >= 4 is 0 Å². The van der Waals surface area contributed by atoms with Crippen molar-refractivity contribution < 1.29 is 4.42 Å². The smallest absolute Gasteiger partial charge is 0.118 e. The summed E-state index contributed by atoms with van der Waals surface area (Å²) in [5.41, 5.74) is 5.98. The minimum Gasteiger partial charge on any atom is -0.465 e. The number of nitrogens with two attached hydrogens (primary N) is 1. The van der Waals surface area contributed by atoms with E-state index in [2.05, 4.69) is 30.9 Å². The molecule has 0 aliphatic heterocycles. The van der Waals surface area contributed by atoms with E-state index in [9.17, 15) is 0 Å². The maximum atomic E-state index is 5.98. The molecular formula is C15H26N2O. The average molecular weight is 250 g/mol. The third kappa shape index (κ3) is 3.36. The Morgan fingerprint density at radius 3 is 2.39 bits per heavy atom. The first-order valence-corrected chi connectivity index (χ1v) is 7.30. The van der Waals surface area contributed by atoms with E-state index in [1.807, 2.05) is 0 Å². The Kier molecular flexibility index (Phi) is 4.84. The van der Waals surface area contributed by atoms with Crippen LogP contribution in [0.15, 0.2) is 16.5 Å². The zero-order valence-electron chi connectivity index (χ0n) is 11.7. The molecule has 0 bridgehead atoms. The number of rotatable bonds is 5. The van der Waals surface area contributed by atoms with Gasteiger partial charge in [0, 0.05) is 18.5 Å². The highest BCUT2D eigenvalue weighted by molar-refractivity contribution is 5.07. The van der Waals surface area contributed by atoms with E-state index in [0.29, 0.717) is 12.1 Å². The van der Waals surface area contributed by atoms with E-state index in [-0.39, 0.29) is 0 Å². The van der Waals surface area contributed by atoms with Gasteiger partial charge >= 0.3 is 0 Å². The van der Waals surface area contributed by atoms with Crippen LogP contribution in [0, 0.1) is 0 Å². The summed E-state index contributed by atoms with van der Waals surface area (Å²) in [6.45, 7) is 6.39. The van der Waals surface area contributed by atoms with Gasteiger partial charge in [-0.1, -0.05) is 13.8 Å². The van der Waals surface area contributed by atoms with Crippen LogP contribution in [0.2, 0.25) is 0 Å². The maximum Gasteiger partial charge on any atom is 0.118 e. The Hall–Kier alpha value is -0.800. The first-order chi connectivity index (χ1) is 8.72. The molecule has 2 rings (SSSR count). The standard InChI is InChI=1S/C15H26N2O/c1-3-14-9-10-15(18-14)11-17(4-2)13-7-5-12(16)6-8-13/h9-10,12-13H,3-8,11,16H2,1-2H3. The first kappa shape index (κ1) is 13.6. The van der Waals surface area contributed by atoms with Crippen molar-refractivity contribution in [1.29, 1.82) is 0 Å². The Morgan fingerprint density at radius 1 is 1.17 bits per heavy atom. The Labute approximate surface area is 110 Å². The zero-order chi connectivity index (χ0) is 13.0. The molecule has 1 aliphatic rings. The van der Waals surface area contributed by atoms with Gasteiger partial charge in [-0.15, -0.1) is 0 Å². The highest BCUT2D eigenvalue weighted by Crippen LogP contribution is 2.24. The largest absolute Gasteiger partial charge is 0.465 e. The fraction of sp³-hybridized carbons (Fsp3) is 0.733. The molecule has 0 radical (unpaired) electrons. The summed E-state index contributed by atoms with van der Waals surface area (Å²) < 4.78 is 5.81. The second-order valence-corrected chi connectivity index (χ2v) is 5.35. The van der Waals surface area contributed by atoms with Gasteiger partial charge in [-0.05, 0) is 44.4 Å². The van der Waals surface area contributed by atoms with Gasteiger partial charge in [0.1, 0.15) is 11.5 Å². The van der Waals surface area contributed by atoms with Crippen LogP contribution in [0.25, 0.3) is 0 Å². The molecule has 1 fully saturated rings. The average Bonchev–Trinajstić information content (AvgIpc) is 2.85. The number of nitrogens with zero attached hydrogens (tertiary/aromatic N) is 1. The van der Waals surface area contributed by atoms with Crippen LogP contribution < -0.4 is 5.73 Å². The van der Waals surface area contributed by atoms with Gasteiger partial charge < -0.3 is 10.2 Å². The molecule has 18 heavy (non-hydrogen) atoms. The fourth-order valence-corrected chi connectivity index (χ4v) is 2.86. The number of furan rings is 1. The first-order valence-electron chi connectivity index (χ1n) is 7.30. The highest BCUT2D eigenvalue weighted by atomic mass is 16.3. The van der Waals surface area contributed by atoms with Crippen LogP contribution in [0.1, 0.15) is 51.1 Å². The Bertz CT molecular complexity index is 353. The second-order valence-electron chi connectivity index (χ2n) is 5.35. The van der Waals surface area contributed by atoms with Gasteiger partial charge in [-0.3, -0.25) is 4.90 Å². The molecule has 0 aromatic carbocycles. The second kappa shape index (κ2) is 6.39. The molecule has 1 saturated carbocycles. The van der Waals surface area contributed by atoms with Gasteiger partial charge in [0.05, 0.1) is 6.54 Å². The fourth-order valence-electron chi connectivity index (χ4n) is 2.86. The number of hydrogen-bond acceptors (Lipinski definition) is 3. The summed E-state index contributed by atoms with van der Waals surface area (Å²) in [5.74, 6) is 2.19. The lowest BCUT2D eigenvalue weighted by molar-refractivity contribution is 0.139. The lowest BCUT2D eigenvalue weighted by Crippen LogP contribution is -2.40. The molecule has 1 aromatic rings. The minimum absolute atomic E-state index is 0.426. The lowest BCUT2D eigenvalue weighted by atomic mass is 9.90. The Balaban J connectivity index is 1.92. The Morgan fingerprint density at radius 2 is 1.83 bits per heavy atom. The van der Waals surface area contributed by atoms with Gasteiger partial charge in [-0.25, -0.2) is 0 Å². The van der Waals surface area contributed by atoms with Gasteiger partial charge in [0.2, 0.25) is 0 Å². The van der Waals surface area contributed by atoms with E-state index >= 15 is 0 Å². The van der Waals surface area contributed by atoms with Crippen molar-refractivity contribution in [2.75, 3.05) is 6.54 Å². The van der Waals surface area contributed by atoms with Crippen molar-refractivity contribution in [3.8, 4) is 0 Å². The van der Waals surface area contributed by atoms with Crippen LogP contribution >= 0.6 is 0 Å². The molecule has 3 heteroatoms. The predicted octanol–water partition coefficient (Wildman–Crippen LogP) is 2.93. The molecule has 0 spiro atoms. The number of aryl methyl sites for hydroxylation is 1. The zero-order valence-corrected chi connectivity index (χ0v) is 11.7. The van der Waals surface area contributed by atoms with Gasteiger partial charge in [-0.2, -0.15) is 0 Å². The van der Waals surface area contributed by atoms with Crippen molar-refractivity contribution in [3.63, 3.8) is 0 Å². The van der Waals surface area contributed by atoms with Gasteiger partial charge in [0.25, 0.3) is 0 Å². The monoisotopic (exact) mass is 250 g/mol. The minimum atomic E-state index is 0.426. The van der Waals surface area contributed by atoms with E-state index in [0.717, 1.165) is 31.0 Å². The van der Waals surface area contributed by atoms with E-state index < -0.39 is 0 Å². The molecule has 0 unspecified atom stereocenters. The summed E-state index contributed by atoms with van der Waals surface area (Å²) in [6.07, 6.45) is 5.77. The topological polar surface area (TPSA) is 42.4 Å². The van der Waals surface area contributed by atoms with E-state index in [1.54, 1.807) is 0 Å². The molecule has 102 valence electrons. The molecule has 3 nitrogen and oxygen atoms in total. The molecule has 0 saturated heterocycles. The molecule has 1 heterocycles. The van der Waals surface area contributed by atoms with Crippen molar-refractivity contribution in [3.05, 3.63) is 23.7 Å². The highest BCUT2D eigenvalue weighted by Gasteiger charge is 2.23. The van der Waals surface area contributed by atoms with Crippen LogP contribution in [-0.2, 0) is 13.0 Å². The SMILES string of the molecule is CCc1ccc(CN(CC)C2CCC(N)CC2)o1. The van der Waals surface area contributed by atoms with Crippen LogP contribution in [0.5, 0.6) is 0 Å². The van der Waals surface area contributed by atoms with E-state index in [4.69, 9.17) is 10.2 Å². The lowest BCUT2D eigenvalue weighted by Gasteiger charge is -2.34.